The van der Waals surface area contributed by atoms with Gasteiger partial charge in [-0.15, -0.1) is 0 Å². The van der Waals surface area contributed by atoms with Crippen molar-refractivity contribution in [1.82, 2.24) is 0 Å². The third-order valence-electron chi connectivity index (χ3n) is 2.69. The molecule has 2 rings (SSSR count). The number of carbonyl (C=O) groups excluding carboxylic acids is 1. The monoisotopic (exact) mass is 338 g/mol. The first kappa shape index (κ1) is 13.9. The Bertz CT molecular complexity index is 643. The van der Waals surface area contributed by atoms with E-state index in [1.165, 1.54) is 0 Å². The van der Waals surface area contributed by atoms with E-state index in [9.17, 15) is 4.79 Å². The average molecular weight is 340 g/mol. The lowest BCUT2D eigenvalue weighted by atomic mass is 10.1. The first-order chi connectivity index (χ1) is 8.97. The van der Waals surface area contributed by atoms with E-state index < -0.39 is 0 Å². The number of aryl methyl sites for hydroxylation is 1. The maximum atomic E-state index is 12.1. The predicted molar refractivity (Wildman–Crippen MR) is 82.7 cm³/mol. The zero-order valence-electron chi connectivity index (χ0n) is 10.2. The number of nitrogens with one attached hydrogen (secondary N) is 1. The highest BCUT2D eigenvalue weighted by Gasteiger charge is 2.09. The maximum Gasteiger partial charge on any atom is 0.255 e. The van der Waals surface area contributed by atoms with Crippen molar-refractivity contribution in [3.05, 3.63) is 57.0 Å². The molecule has 3 nitrogen and oxygen atoms in total. The van der Waals surface area contributed by atoms with Gasteiger partial charge in [-0.25, -0.2) is 0 Å². The molecule has 5 heteroatoms. The second-order valence-corrected chi connectivity index (χ2v) is 5.44. The molecule has 0 aliphatic carbocycles. The van der Waals surface area contributed by atoms with E-state index in [1.807, 2.05) is 6.92 Å². The third kappa shape index (κ3) is 3.28. The normalized spacial score (nSPS) is 10.3. The molecule has 0 saturated carbocycles. The van der Waals surface area contributed by atoms with Crippen molar-refractivity contribution >= 4 is 44.8 Å². The minimum Gasteiger partial charge on any atom is -0.398 e. The molecule has 98 valence electrons. The molecule has 0 heterocycles. The van der Waals surface area contributed by atoms with Crippen molar-refractivity contribution in [3.63, 3.8) is 0 Å². The molecule has 0 fully saturated rings. The molecule has 0 aromatic heterocycles. The number of hydrogen-bond donors (Lipinski definition) is 2. The second-order valence-electron chi connectivity index (χ2n) is 4.15. The Labute approximate surface area is 124 Å². The molecule has 1 amide bonds. The van der Waals surface area contributed by atoms with Crippen molar-refractivity contribution in [2.45, 2.75) is 6.92 Å². The van der Waals surface area contributed by atoms with Gasteiger partial charge in [-0.3, -0.25) is 4.79 Å². The summed E-state index contributed by atoms with van der Waals surface area (Å²) in [6.45, 7) is 1.89. The molecule has 2 aromatic carbocycles. The summed E-state index contributed by atoms with van der Waals surface area (Å²) in [6, 6.07) is 10.4. The number of rotatable bonds is 2. The molecular weight excluding hydrogens is 328 g/mol. The van der Waals surface area contributed by atoms with Gasteiger partial charge in [-0.05, 0) is 64.8 Å². The Morgan fingerprint density at radius 2 is 2.00 bits per heavy atom. The van der Waals surface area contributed by atoms with Crippen LogP contribution in [0.2, 0.25) is 5.02 Å². The minimum atomic E-state index is -0.204. The van der Waals surface area contributed by atoms with Gasteiger partial charge in [0.1, 0.15) is 0 Å². The summed E-state index contributed by atoms with van der Waals surface area (Å²) >= 11 is 9.17. The number of carbonyl (C=O) groups is 1. The molecular formula is C14H12BrClN2O. The van der Waals surface area contributed by atoms with Crippen molar-refractivity contribution in [2.24, 2.45) is 0 Å². The lowest BCUT2D eigenvalue weighted by Gasteiger charge is -2.09. The van der Waals surface area contributed by atoms with E-state index in [0.29, 0.717) is 16.3 Å². The van der Waals surface area contributed by atoms with Crippen LogP contribution in [0.15, 0.2) is 40.9 Å². The second kappa shape index (κ2) is 5.63. The van der Waals surface area contributed by atoms with Crippen LogP contribution in [0.3, 0.4) is 0 Å². The summed E-state index contributed by atoms with van der Waals surface area (Å²) < 4.78 is 0.770. The van der Waals surface area contributed by atoms with Gasteiger partial charge in [-0.2, -0.15) is 0 Å². The summed E-state index contributed by atoms with van der Waals surface area (Å²) in [5.41, 5.74) is 8.44. The Hall–Kier alpha value is -1.52. The molecule has 0 aliphatic rings. The van der Waals surface area contributed by atoms with Gasteiger partial charge in [0, 0.05) is 26.4 Å². The largest absolute Gasteiger partial charge is 0.398 e. The van der Waals surface area contributed by atoms with Crippen LogP contribution in [0.5, 0.6) is 0 Å². The highest BCUT2D eigenvalue weighted by molar-refractivity contribution is 9.10. The number of halogens is 2. The number of nitrogen functional groups attached to an aromatic ring is 1. The number of benzene rings is 2. The summed E-state index contributed by atoms with van der Waals surface area (Å²) in [5, 5.41) is 3.47. The lowest BCUT2D eigenvalue weighted by Crippen LogP contribution is -2.13. The zero-order chi connectivity index (χ0) is 14.0. The summed E-state index contributed by atoms with van der Waals surface area (Å²) in [4.78, 5) is 12.1. The molecule has 2 aromatic rings. The molecule has 19 heavy (non-hydrogen) atoms. The topological polar surface area (TPSA) is 55.1 Å². The predicted octanol–water partition coefficient (Wildman–Crippen LogP) is 4.25. The quantitative estimate of drug-likeness (QED) is 0.804. The standard InChI is InChI=1S/C14H12BrClN2O/c1-8-6-10(16)3-5-13(8)18-14(19)9-2-4-11(15)12(17)7-9/h2-7H,17H2,1H3,(H,18,19). The fourth-order valence-corrected chi connectivity index (χ4v) is 2.12. The fourth-order valence-electron chi connectivity index (χ4n) is 1.65. The molecule has 0 bridgehead atoms. The van der Waals surface area contributed by atoms with Gasteiger partial charge in [-0.1, -0.05) is 11.6 Å². The number of anilines is 2. The van der Waals surface area contributed by atoms with Crippen molar-refractivity contribution in [2.75, 3.05) is 11.1 Å². The van der Waals surface area contributed by atoms with E-state index in [-0.39, 0.29) is 5.91 Å². The van der Waals surface area contributed by atoms with Crippen LogP contribution in [-0.2, 0) is 0 Å². The Morgan fingerprint density at radius 3 is 2.63 bits per heavy atom. The number of amides is 1. The Morgan fingerprint density at radius 1 is 1.26 bits per heavy atom. The number of nitrogens with two attached hydrogens (primary N) is 1. The van der Waals surface area contributed by atoms with E-state index in [2.05, 4.69) is 21.2 Å². The molecule has 0 atom stereocenters. The van der Waals surface area contributed by atoms with Gasteiger partial charge in [0.05, 0.1) is 0 Å². The smallest absolute Gasteiger partial charge is 0.255 e. The summed E-state index contributed by atoms with van der Waals surface area (Å²) in [5.74, 6) is -0.204. The summed E-state index contributed by atoms with van der Waals surface area (Å²) in [7, 11) is 0. The van der Waals surface area contributed by atoms with Crippen molar-refractivity contribution in [3.8, 4) is 0 Å². The highest BCUT2D eigenvalue weighted by Crippen LogP contribution is 2.23. The van der Waals surface area contributed by atoms with E-state index in [1.54, 1.807) is 36.4 Å². The van der Waals surface area contributed by atoms with Crippen molar-refractivity contribution in [1.29, 1.82) is 0 Å². The molecule has 3 N–H and O–H groups in total. The first-order valence-electron chi connectivity index (χ1n) is 5.60. The van der Waals surface area contributed by atoms with Crippen LogP contribution >= 0.6 is 27.5 Å². The first-order valence-corrected chi connectivity index (χ1v) is 6.77. The Kier molecular flexibility index (Phi) is 4.12. The lowest BCUT2D eigenvalue weighted by molar-refractivity contribution is 0.102. The molecule has 0 saturated heterocycles. The van der Waals surface area contributed by atoms with Gasteiger partial charge in [0.25, 0.3) is 5.91 Å². The van der Waals surface area contributed by atoms with Crippen LogP contribution in [0.4, 0.5) is 11.4 Å². The SMILES string of the molecule is Cc1cc(Cl)ccc1NC(=O)c1ccc(Br)c(N)c1. The van der Waals surface area contributed by atoms with Gasteiger partial charge in [0.15, 0.2) is 0 Å². The van der Waals surface area contributed by atoms with Crippen LogP contribution in [0, 0.1) is 6.92 Å². The number of hydrogen-bond acceptors (Lipinski definition) is 2. The highest BCUT2D eigenvalue weighted by atomic mass is 79.9. The van der Waals surface area contributed by atoms with E-state index in [0.717, 1.165) is 15.7 Å². The zero-order valence-corrected chi connectivity index (χ0v) is 12.5. The van der Waals surface area contributed by atoms with Crippen LogP contribution in [-0.4, -0.2) is 5.91 Å². The fraction of sp³-hybridized carbons (Fsp3) is 0.0714. The van der Waals surface area contributed by atoms with Gasteiger partial charge in [0.2, 0.25) is 0 Å². The van der Waals surface area contributed by atoms with Gasteiger partial charge >= 0.3 is 0 Å². The minimum absolute atomic E-state index is 0.204. The van der Waals surface area contributed by atoms with Crippen LogP contribution in [0.1, 0.15) is 15.9 Å². The Balaban J connectivity index is 2.23. The van der Waals surface area contributed by atoms with Gasteiger partial charge < -0.3 is 11.1 Å². The maximum absolute atomic E-state index is 12.1. The van der Waals surface area contributed by atoms with E-state index >= 15 is 0 Å². The van der Waals surface area contributed by atoms with Crippen LogP contribution in [0.25, 0.3) is 0 Å². The third-order valence-corrected chi connectivity index (χ3v) is 3.65. The molecule has 0 aliphatic heterocycles. The molecule has 0 unspecified atom stereocenters. The summed E-state index contributed by atoms with van der Waals surface area (Å²) in [6.07, 6.45) is 0. The molecule has 0 radical (unpaired) electrons. The average Bonchev–Trinajstić information content (AvgIpc) is 2.36. The van der Waals surface area contributed by atoms with Crippen molar-refractivity contribution < 1.29 is 4.79 Å². The van der Waals surface area contributed by atoms with Crippen LogP contribution < -0.4 is 11.1 Å². The van der Waals surface area contributed by atoms with E-state index in [4.69, 9.17) is 17.3 Å². The molecule has 0 spiro atoms.